The number of amides is 1. The Kier molecular flexibility index (Phi) is 6.01. The minimum atomic E-state index is -0.563. The maximum atomic E-state index is 12.8. The van der Waals surface area contributed by atoms with E-state index in [-0.39, 0.29) is 28.6 Å². The van der Waals surface area contributed by atoms with Gasteiger partial charge < -0.3 is 28.4 Å². The van der Waals surface area contributed by atoms with Gasteiger partial charge in [0.2, 0.25) is 0 Å². The molecule has 1 aromatic carbocycles. The number of rotatable bonds is 2. The highest BCUT2D eigenvalue weighted by atomic mass is 16.7. The van der Waals surface area contributed by atoms with Crippen LogP contribution in [0.25, 0.3) is 5.57 Å². The predicted molar refractivity (Wildman–Crippen MR) is 160 cm³/mol. The lowest BCUT2D eigenvalue weighted by molar-refractivity contribution is -0.227. The molecule has 43 heavy (non-hydrogen) atoms. The van der Waals surface area contributed by atoms with Crippen LogP contribution >= 0.6 is 0 Å². The second-order valence-electron chi connectivity index (χ2n) is 15.6. The molecule has 8 rings (SSSR count). The van der Waals surface area contributed by atoms with E-state index in [0.29, 0.717) is 44.2 Å². The molecule has 1 aromatic rings. The summed E-state index contributed by atoms with van der Waals surface area (Å²) in [4.78, 5) is 14.4. The Morgan fingerprint density at radius 1 is 0.953 bits per heavy atom. The lowest BCUT2D eigenvalue weighted by atomic mass is 9.44. The van der Waals surface area contributed by atoms with Gasteiger partial charge in [0.25, 0.3) is 0 Å². The molecule has 0 N–H and O–H groups in total. The molecule has 4 aliphatic carbocycles. The molecule has 0 aromatic heterocycles. The third-order valence-corrected chi connectivity index (χ3v) is 12.4. The van der Waals surface area contributed by atoms with Gasteiger partial charge in [-0.1, -0.05) is 32.1 Å². The summed E-state index contributed by atoms with van der Waals surface area (Å²) in [5.74, 6) is 0.198. The molecule has 7 atom stereocenters. The number of nitrogens with zero attached hydrogens (tertiary/aromatic N) is 1. The molecule has 3 heterocycles. The van der Waals surface area contributed by atoms with Gasteiger partial charge in [0, 0.05) is 42.8 Å². The summed E-state index contributed by atoms with van der Waals surface area (Å²) >= 11 is 0. The second-order valence-corrected chi connectivity index (χ2v) is 15.6. The highest BCUT2D eigenvalue weighted by Gasteiger charge is 2.79. The lowest BCUT2D eigenvalue weighted by Crippen LogP contribution is -2.61. The van der Waals surface area contributed by atoms with E-state index in [4.69, 9.17) is 28.4 Å². The minimum absolute atomic E-state index is 0.0482. The molecule has 8 heteroatoms. The van der Waals surface area contributed by atoms with Gasteiger partial charge in [0.1, 0.15) is 11.2 Å². The summed E-state index contributed by atoms with van der Waals surface area (Å²) in [7, 11) is 1.77. The Morgan fingerprint density at radius 2 is 1.63 bits per heavy atom. The first-order valence-corrected chi connectivity index (χ1v) is 16.4. The number of epoxide rings is 1. The van der Waals surface area contributed by atoms with Crippen molar-refractivity contribution in [2.45, 2.75) is 102 Å². The molecule has 0 bridgehead atoms. The smallest absolute Gasteiger partial charge is 0.414 e. The van der Waals surface area contributed by atoms with Crippen molar-refractivity contribution in [1.82, 2.24) is 0 Å². The first-order valence-electron chi connectivity index (χ1n) is 16.4. The van der Waals surface area contributed by atoms with Gasteiger partial charge in [-0.3, -0.25) is 4.90 Å². The van der Waals surface area contributed by atoms with Gasteiger partial charge in [-0.2, -0.15) is 0 Å². The Balaban J connectivity index is 1.20. The van der Waals surface area contributed by atoms with Gasteiger partial charge in [-0.05, 0) is 81.1 Å². The maximum Gasteiger partial charge on any atom is 0.414 e. The summed E-state index contributed by atoms with van der Waals surface area (Å²) in [5.41, 5.74) is 2.32. The summed E-state index contributed by atoms with van der Waals surface area (Å²) in [6.45, 7) is 13.2. The Bertz CT molecular complexity index is 1340. The highest BCUT2D eigenvalue weighted by molar-refractivity contribution is 5.87. The lowest BCUT2D eigenvalue weighted by Gasteiger charge is -2.60. The van der Waals surface area contributed by atoms with Crippen LogP contribution in [0, 0.1) is 28.6 Å². The number of carbonyl (C=O) groups is 1. The molecule has 8 nitrogen and oxygen atoms in total. The molecule has 3 saturated carbocycles. The van der Waals surface area contributed by atoms with Crippen molar-refractivity contribution in [2.75, 3.05) is 38.4 Å². The van der Waals surface area contributed by atoms with E-state index in [1.54, 1.807) is 11.9 Å². The number of hydrogen-bond acceptors (Lipinski definition) is 7. The number of benzene rings is 1. The van der Waals surface area contributed by atoms with Crippen molar-refractivity contribution in [3.05, 3.63) is 35.9 Å². The first-order chi connectivity index (χ1) is 20.3. The molecule has 0 radical (unpaired) electrons. The SMILES string of the molecule is CN(C(=O)OC(C)(C)C)c1ccc(C2=C[C@@]3(C)[C@@H](CCC34OCCO4)[C@@H]3C[C@@H]4O[C@@]45CC4(CC[C@]5(C)[C@@H]23)OCCO4)cc1. The van der Waals surface area contributed by atoms with E-state index >= 15 is 0 Å². The van der Waals surface area contributed by atoms with E-state index in [2.05, 4.69) is 32.1 Å². The van der Waals surface area contributed by atoms with Crippen molar-refractivity contribution < 1.29 is 33.2 Å². The van der Waals surface area contributed by atoms with Crippen LogP contribution in [0.5, 0.6) is 0 Å². The fourth-order valence-electron chi connectivity index (χ4n) is 10.4. The van der Waals surface area contributed by atoms with Gasteiger partial charge >= 0.3 is 6.09 Å². The Hall–Kier alpha value is -1.97. The summed E-state index contributed by atoms with van der Waals surface area (Å²) in [6, 6.07) is 8.46. The van der Waals surface area contributed by atoms with Crippen LogP contribution in [0.3, 0.4) is 0 Å². The summed E-state index contributed by atoms with van der Waals surface area (Å²) in [5, 5.41) is 0. The van der Waals surface area contributed by atoms with Crippen LogP contribution in [-0.2, 0) is 28.4 Å². The monoisotopic (exact) mass is 593 g/mol. The first kappa shape index (κ1) is 28.5. The molecular weight excluding hydrogens is 546 g/mol. The second kappa shape index (κ2) is 9.06. The Labute approximate surface area is 255 Å². The third-order valence-electron chi connectivity index (χ3n) is 12.4. The average molecular weight is 594 g/mol. The van der Waals surface area contributed by atoms with Gasteiger partial charge in [-0.25, -0.2) is 4.79 Å². The zero-order valence-electron chi connectivity index (χ0n) is 26.6. The number of ether oxygens (including phenoxy) is 6. The van der Waals surface area contributed by atoms with Crippen LogP contribution in [0.15, 0.2) is 30.3 Å². The van der Waals surface area contributed by atoms with E-state index in [0.717, 1.165) is 44.2 Å². The average Bonchev–Trinajstić information content (AvgIpc) is 3.31. The van der Waals surface area contributed by atoms with Gasteiger partial charge in [0.05, 0.1) is 32.5 Å². The molecule has 1 amide bonds. The van der Waals surface area contributed by atoms with Crippen LogP contribution in [0.4, 0.5) is 10.5 Å². The van der Waals surface area contributed by atoms with Crippen LogP contribution in [0.2, 0.25) is 0 Å². The van der Waals surface area contributed by atoms with Crippen molar-refractivity contribution in [2.24, 2.45) is 28.6 Å². The standard InChI is InChI=1S/C35H47NO7/c1-30(2,3)43-29(37)36(6)23-9-7-22(8-10-23)25-20-32(5)26(11-12-35(32)40-17-18-41-35)24-19-27-34(42-27)21-33(38-15-16-39-33)14-13-31(34,4)28(24)25/h7-10,20,24,26-28H,11-19,21H2,1-6H3/t24-,26-,27-,28+,31+,32-,34-/m0/s1. The molecule has 6 fully saturated rings. The van der Waals surface area contributed by atoms with Crippen molar-refractivity contribution in [3.8, 4) is 0 Å². The van der Waals surface area contributed by atoms with Gasteiger partial charge in [-0.15, -0.1) is 0 Å². The molecule has 3 aliphatic heterocycles. The molecule has 7 aliphatic rings. The van der Waals surface area contributed by atoms with Crippen molar-refractivity contribution >= 4 is 17.4 Å². The van der Waals surface area contributed by atoms with Gasteiger partial charge in [0.15, 0.2) is 11.6 Å². The number of hydrogen-bond donors (Lipinski definition) is 0. The molecule has 3 spiro atoms. The zero-order chi connectivity index (χ0) is 30.0. The van der Waals surface area contributed by atoms with Crippen LogP contribution < -0.4 is 4.90 Å². The van der Waals surface area contributed by atoms with E-state index in [1.165, 1.54) is 11.1 Å². The molecule has 3 saturated heterocycles. The quantitative estimate of drug-likeness (QED) is 0.371. The Morgan fingerprint density at radius 3 is 2.30 bits per heavy atom. The predicted octanol–water partition coefficient (Wildman–Crippen LogP) is 6.32. The summed E-state index contributed by atoms with van der Waals surface area (Å²) < 4.78 is 38.0. The maximum absolute atomic E-state index is 12.8. The fraction of sp³-hybridized carbons (Fsp3) is 0.743. The fourth-order valence-corrected chi connectivity index (χ4v) is 10.4. The van der Waals surface area contributed by atoms with E-state index < -0.39 is 17.2 Å². The van der Waals surface area contributed by atoms with Crippen LogP contribution in [0.1, 0.15) is 78.7 Å². The number of carbonyl (C=O) groups excluding carboxylic acids is 1. The number of anilines is 1. The third kappa shape index (κ3) is 3.89. The van der Waals surface area contributed by atoms with Crippen molar-refractivity contribution in [1.29, 1.82) is 0 Å². The zero-order valence-corrected chi connectivity index (χ0v) is 26.6. The van der Waals surface area contributed by atoms with E-state index in [1.807, 2.05) is 32.9 Å². The number of allylic oxidation sites excluding steroid dienone is 1. The number of fused-ring (bicyclic) bond motifs is 5. The highest BCUT2D eigenvalue weighted by Crippen LogP contribution is 2.76. The minimum Gasteiger partial charge on any atom is -0.443 e. The summed E-state index contributed by atoms with van der Waals surface area (Å²) in [6.07, 6.45) is 8.21. The largest absolute Gasteiger partial charge is 0.443 e. The topological polar surface area (TPSA) is 79.0 Å². The normalized spacial score (nSPS) is 41.7. The molecule has 0 unspecified atom stereocenters. The van der Waals surface area contributed by atoms with E-state index in [9.17, 15) is 4.79 Å². The van der Waals surface area contributed by atoms with Crippen molar-refractivity contribution in [3.63, 3.8) is 0 Å². The molecule has 234 valence electrons. The van der Waals surface area contributed by atoms with Crippen LogP contribution in [-0.4, -0.2) is 68.4 Å². The molecular formula is C35H47NO7.